The van der Waals surface area contributed by atoms with Gasteiger partial charge in [0.05, 0.1) is 4.90 Å². The summed E-state index contributed by atoms with van der Waals surface area (Å²) >= 11 is 4.55. The van der Waals surface area contributed by atoms with Crippen molar-refractivity contribution >= 4 is 48.3 Å². The number of amides is 1. The first-order valence-electron chi connectivity index (χ1n) is 6.78. The van der Waals surface area contributed by atoms with Crippen LogP contribution in [0.2, 0.25) is 0 Å². The van der Waals surface area contributed by atoms with E-state index in [1.807, 2.05) is 6.92 Å². The fraction of sp³-hybridized carbons (Fsp3) is 0.308. The van der Waals surface area contributed by atoms with Crippen LogP contribution in [0.15, 0.2) is 33.6 Å². The van der Waals surface area contributed by atoms with Crippen LogP contribution in [0, 0.1) is 0 Å². The maximum atomic E-state index is 12.0. The second-order valence-electron chi connectivity index (χ2n) is 4.50. The lowest BCUT2D eigenvalue weighted by molar-refractivity contribution is -0.116. The third-order valence-corrected chi connectivity index (χ3v) is 5.77. The van der Waals surface area contributed by atoms with Crippen LogP contribution in [-0.4, -0.2) is 31.1 Å². The number of carbonyl (C=O) groups excluding carboxylic acids is 1. The number of rotatable bonds is 7. The zero-order valence-corrected chi connectivity index (χ0v) is 15.5. The number of carbonyl (C=O) groups is 1. The first kappa shape index (κ1) is 18.0. The molecule has 10 heteroatoms. The first-order valence-corrected chi connectivity index (χ1v) is 9.87. The van der Waals surface area contributed by atoms with Crippen molar-refractivity contribution in [2.75, 3.05) is 11.9 Å². The number of benzene rings is 1. The van der Waals surface area contributed by atoms with E-state index in [2.05, 4.69) is 36.2 Å². The second kappa shape index (κ2) is 7.95. The third-order valence-electron chi connectivity index (χ3n) is 2.78. The highest BCUT2D eigenvalue weighted by Crippen LogP contribution is 2.16. The van der Waals surface area contributed by atoms with E-state index < -0.39 is 10.0 Å². The molecule has 0 radical (unpaired) electrons. The van der Waals surface area contributed by atoms with Gasteiger partial charge >= 0.3 is 0 Å². The number of anilines is 1. The predicted molar refractivity (Wildman–Crippen MR) is 91.9 cm³/mol. The summed E-state index contributed by atoms with van der Waals surface area (Å²) in [7, 11) is -3.62. The van der Waals surface area contributed by atoms with Gasteiger partial charge in [-0.3, -0.25) is 4.79 Å². The molecule has 7 nitrogen and oxygen atoms in total. The first-order chi connectivity index (χ1) is 10.9. The number of aryl methyl sites for hydroxylation is 1. The molecule has 0 saturated heterocycles. The summed E-state index contributed by atoms with van der Waals surface area (Å²) in [5.74, 6) is -0.317. The zero-order valence-electron chi connectivity index (χ0n) is 12.2. The quantitative estimate of drug-likeness (QED) is 0.717. The Hall–Kier alpha value is -1.36. The summed E-state index contributed by atoms with van der Waals surface area (Å²) in [5, 5.41) is 11.6. The van der Waals surface area contributed by atoms with Gasteiger partial charge in [-0.2, -0.15) is 0 Å². The summed E-state index contributed by atoms with van der Waals surface area (Å²) in [4.78, 5) is 11.9. The number of sulfonamides is 1. The van der Waals surface area contributed by atoms with Gasteiger partial charge in [-0.25, -0.2) is 13.1 Å². The van der Waals surface area contributed by atoms with Crippen molar-refractivity contribution in [2.45, 2.75) is 24.7 Å². The average Bonchev–Trinajstić information content (AvgIpc) is 2.95. The molecule has 0 saturated carbocycles. The Labute approximate surface area is 146 Å². The zero-order chi connectivity index (χ0) is 16.9. The number of hydrogen-bond acceptors (Lipinski definition) is 6. The minimum atomic E-state index is -3.62. The number of nitrogens with zero attached hydrogens (tertiary/aromatic N) is 2. The second-order valence-corrected chi connectivity index (χ2v) is 8.25. The lowest BCUT2D eigenvalue weighted by Gasteiger charge is -2.06. The molecule has 1 heterocycles. The van der Waals surface area contributed by atoms with Crippen LogP contribution in [0.5, 0.6) is 0 Å². The molecule has 1 aromatic carbocycles. The van der Waals surface area contributed by atoms with Crippen molar-refractivity contribution in [1.29, 1.82) is 0 Å². The molecule has 2 rings (SSSR count). The third kappa shape index (κ3) is 5.34. The SMILES string of the molecule is CCc1nnc(NC(=O)CCNS(=O)(=O)c2ccc(Br)cc2)s1. The Balaban J connectivity index is 1.83. The summed E-state index contributed by atoms with van der Waals surface area (Å²) in [6, 6.07) is 6.25. The Morgan fingerprint density at radius 3 is 2.57 bits per heavy atom. The van der Waals surface area contributed by atoms with Crippen LogP contribution >= 0.6 is 27.3 Å². The molecule has 1 amide bonds. The van der Waals surface area contributed by atoms with E-state index >= 15 is 0 Å². The highest BCUT2D eigenvalue weighted by Gasteiger charge is 2.14. The van der Waals surface area contributed by atoms with Gasteiger partial charge in [0.15, 0.2) is 0 Å². The van der Waals surface area contributed by atoms with Gasteiger partial charge in [0.1, 0.15) is 5.01 Å². The highest BCUT2D eigenvalue weighted by atomic mass is 79.9. The Morgan fingerprint density at radius 1 is 1.26 bits per heavy atom. The molecule has 0 aliphatic heterocycles. The molecule has 124 valence electrons. The molecule has 23 heavy (non-hydrogen) atoms. The molecular formula is C13H15BrN4O3S2. The topological polar surface area (TPSA) is 101 Å². The summed E-state index contributed by atoms with van der Waals surface area (Å²) in [5.41, 5.74) is 0. The molecule has 0 bridgehead atoms. The highest BCUT2D eigenvalue weighted by molar-refractivity contribution is 9.10. The maximum Gasteiger partial charge on any atom is 0.240 e. The molecular weight excluding hydrogens is 404 g/mol. The minimum Gasteiger partial charge on any atom is -0.300 e. The summed E-state index contributed by atoms with van der Waals surface area (Å²) < 4.78 is 27.3. The molecule has 0 fully saturated rings. The van der Waals surface area contributed by atoms with Crippen LogP contribution in [0.25, 0.3) is 0 Å². The van der Waals surface area contributed by atoms with Gasteiger partial charge in [-0.05, 0) is 30.7 Å². The van der Waals surface area contributed by atoms with Crippen LogP contribution in [0.1, 0.15) is 18.4 Å². The van der Waals surface area contributed by atoms with Crippen LogP contribution in [-0.2, 0) is 21.2 Å². The molecule has 1 aromatic heterocycles. The van der Waals surface area contributed by atoms with E-state index in [0.717, 1.165) is 15.9 Å². The largest absolute Gasteiger partial charge is 0.300 e. The summed E-state index contributed by atoms with van der Waals surface area (Å²) in [6.07, 6.45) is 0.761. The number of hydrogen-bond donors (Lipinski definition) is 2. The van der Waals surface area contributed by atoms with E-state index in [1.54, 1.807) is 12.1 Å². The van der Waals surface area contributed by atoms with E-state index in [1.165, 1.54) is 23.5 Å². The molecule has 0 aliphatic carbocycles. The monoisotopic (exact) mass is 418 g/mol. The average molecular weight is 419 g/mol. The lowest BCUT2D eigenvalue weighted by atomic mass is 10.4. The molecule has 0 aliphatic rings. The van der Waals surface area contributed by atoms with Crippen molar-refractivity contribution < 1.29 is 13.2 Å². The van der Waals surface area contributed by atoms with E-state index in [9.17, 15) is 13.2 Å². The minimum absolute atomic E-state index is 0.00364. The smallest absolute Gasteiger partial charge is 0.240 e. The Morgan fingerprint density at radius 2 is 1.96 bits per heavy atom. The van der Waals surface area contributed by atoms with E-state index in [0.29, 0.717) is 5.13 Å². The fourth-order valence-corrected chi connectivity index (χ4v) is 3.62. The molecule has 2 aromatic rings. The van der Waals surface area contributed by atoms with Crippen molar-refractivity contribution in [3.05, 3.63) is 33.7 Å². The number of nitrogens with one attached hydrogen (secondary N) is 2. The van der Waals surface area contributed by atoms with Gasteiger partial charge in [0.2, 0.25) is 21.1 Å². The van der Waals surface area contributed by atoms with Crippen LogP contribution in [0.3, 0.4) is 0 Å². The van der Waals surface area contributed by atoms with Gasteiger partial charge in [0.25, 0.3) is 0 Å². The molecule has 0 unspecified atom stereocenters. The number of aromatic nitrogens is 2. The number of halogens is 1. The predicted octanol–water partition coefficient (Wildman–Crippen LogP) is 2.17. The summed E-state index contributed by atoms with van der Waals surface area (Å²) in [6.45, 7) is 1.95. The molecule has 0 spiro atoms. The Bertz CT molecular complexity index is 775. The standard InChI is InChI=1S/C13H15BrN4O3S2/c1-2-12-17-18-13(22-12)16-11(19)7-8-15-23(20,21)10-5-3-9(14)4-6-10/h3-6,15H,2,7-8H2,1H3,(H,16,18,19). The fourth-order valence-electron chi connectivity index (χ4n) is 1.62. The van der Waals surface area contributed by atoms with Crippen molar-refractivity contribution in [3.8, 4) is 0 Å². The molecule has 0 atom stereocenters. The van der Waals surface area contributed by atoms with E-state index in [4.69, 9.17) is 0 Å². The van der Waals surface area contributed by atoms with E-state index in [-0.39, 0.29) is 23.8 Å². The van der Waals surface area contributed by atoms with Crippen molar-refractivity contribution in [3.63, 3.8) is 0 Å². The van der Waals surface area contributed by atoms with Crippen molar-refractivity contribution in [2.24, 2.45) is 0 Å². The van der Waals surface area contributed by atoms with Gasteiger partial charge < -0.3 is 5.32 Å². The molecule has 2 N–H and O–H groups in total. The van der Waals surface area contributed by atoms with Crippen LogP contribution < -0.4 is 10.0 Å². The van der Waals surface area contributed by atoms with Gasteiger partial charge in [-0.15, -0.1) is 10.2 Å². The normalized spacial score (nSPS) is 11.4. The van der Waals surface area contributed by atoms with Crippen LogP contribution in [0.4, 0.5) is 5.13 Å². The maximum absolute atomic E-state index is 12.0. The van der Waals surface area contributed by atoms with Crippen molar-refractivity contribution in [1.82, 2.24) is 14.9 Å². The van der Waals surface area contributed by atoms with Gasteiger partial charge in [-0.1, -0.05) is 34.2 Å². The lowest BCUT2D eigenvalue weighted by Crippen LogP contribution is -2.27. The van der Waals surface area contributed by atoms with Gasteiger partial charge in [0, 0.05) is 17.4 Å². The Kier molecular flexibility index (Phi) is 6.22.